The van der Waals surface area contributed by atoms with Crippen LogP contribution in [0, 0.1) is 5.92 Å². The molecular weight excluding hydrogens is 410 g/mol. The van der Waals surface area contributed by atoms with Crippen LogP contribution in [-0.2, 0) is 5.41 Å². The number of fused-ring (bicyclic) bond motifs is 1. The average Bonchev–Trinajstić information content (AvgIpc) is 3.12. The van der Waals surface area contributed by atoms with Crippen LogP contribution in [0.5, 0.6) is 0 Å². The van der Waals surface area contributed by atoms with Crippen molar-refractivity contribution in [3.8, 4) is 0 Å². The van der Waals surface area contributed by atoms with E-state index in [0.29, 0.717) is 0 Å². The van der Waals surface area contributed by atoms with Gasteiger partial charge in [-0.3, -0.25) is 0 Å². The Hall–Kier alpha value is -1.44. The number of anilines is 2. The Balaban J connectivity index is 1.66. The lowest BCUT2D eigenvalue weighted by molar-refractivity contribution is 0.217. The number of benzene rings is 1. The van der Waals surface area contributed by atoms with Gasteiger partial charge >= 0.3 is 0 Å². The van der Waals surface area contributed by atoms with Crippen molar-refractivity contribution in [2.24, 2.45) is 5.92 Å². The molecule has 0 amide bonds. The highest BCUT2D eigenvalue weighted by atomic mass is 32.1. The molecule has 1 N–H and O–H groups in total. The summed E-state index contributed by atoms with van der Waals surface area (Å²) in [5.41, 5.74) is 3.55. The summed E-state index contributed by atoms with van der Waals surface area (Å²) in [6.07, 6.45) is 2.48. The van der Waals surface area contributed by atoms with Gasteiger partial charge in [0.2, 0.25) is 0 Å². The third-order valence-electron chi connectivity index (χ3n) is 6.30. The van der Waals surface area contributed by atoms with Gasteiger partial charge in [-0.15, -0.1) is 11.3 Å². The number of piperazine rings is 1. The van der Waals surface area contributed by atoms with Gasteiger partial charge in [0.15, 0.2) is 5.11 Å². The van der Waals surface area contributed by atoms with Gasteiger partial charge in [-0.1, -0.05) is 27.7 Å². The van der Waals surface area contributed by atoms with Crippen LogP contribution in [0.2, 0.25) is 0 Å². The highest BCUT2D eigenvalue weighted by molar-refractivity contribution is 7.80. The molecule has 4 rings (SSSR count). The van der Waals surface area contributed by atoms with Gasteiger partial charge in [0.1, 0.15) is 0 Å². The number of piperidine rings is 1. The summed E-state index contributed by atoms with van der Waals surface area (Å²) in [5.74, 6) is 0.805. The van der Waals surface area contributed by atoms with E-state index in [2.05, 4.69) is 66.9 Å². The smallest absolute Gasteiger partial charge is 0.173 e. The predicted octanol–water partition coefficient (Wildman–Crippen LogP) is 4.77. The van der Waals surface area contributed by atoms with Crippen LogP contribution >= 0.6 is 23.6 Å². The standard InChI is InChI=1S/C23H35N5S2/c1-16-6-8-27(9-7-16)19-14-18-20(30-21(24-18)23(2,3)4)15-17(19)25-22(29)28-12-10-26(5)11-13-28/h14-16H,6-13H2,1-5H3,(H,25,29). The number of thiazole rings is 1. The van der Waals surface area contributed by atoms with Crippen molar-refractivity contribution in [1.82, 2.24) is 14.8 Å². The molecule has 0 saturated carbocycles. The van der Waals surface area contributed by atoms with Crippen molar-refractivity contribution in [3.63, 3.8) is 0 Å². The largest absolute Gasteiger partial charge is 0.370 e. The summed E-state index contributed by atoms with van der Waals surface area (Å²) in [7, 11) is 2.17. The van der Waals surface area contributed by atoms with Gasteiger partial charge in [-0.05, 0) is 50.2 Å². The Morgan fingerprint density at radius 3 is 2.40 bits per heavy atom. The van der Waals surface area contributed by atoms with Gasteiger partial charge in [-0.25, -0.2) is 4.98 Å². The maximum Gasteiger partial charge on any atom is 0.173 e. The highest BCUT2D eigenvalue weighted by Gasteiger charge is 2.24. The number of hydrogen-bond acceptors (Lipinski definition) is 5. The normalized spacial score (nSPS) is 19.5. The fourth-order valence-electron chi connectivity index (χ4n) is 4.10. The van der Waals surface area contributed by atoms with Crippen molar-refractivity contribution in [1.29, 1.82) is 0 Å². The maximum absolute atomic E-state index is 5.83. The van der Waals surface area contributed by atoms with E-state index < -0.39 is 0 Å². The van der Waals surface area contributed by atoms with E-state index in [-0.39, 0.29) is 5.41 Å². The minimum Gasteiger partial charge on any atom is -0.370 e. The fraction of sp³-hybridized carbons (Fsp3) is 0.652. The summed E-state index contributed by atoms with van der Waals surface area (Å²) in [4.78, 5) is 12.2. The minimum absolute atomic E-state index is 0.0626. The molecule has 30 heavy (non-hydrogen) atoms. The zero-order valence-electron chi connectivity index (χ0n) is 19.0. The Morgan fingerprint density at radius 1 is 1.10 bits per heavy atom. The molecule has 5 nitrogen and oxygen atoms in total. The van der Waals surface area contributed by atoms with Crippen LogP contribution in [0.15, 0.2) is 12.1 Å². The lowest BCUT2D eigenvalue weighted by Crippen LogP contribution is -2.48. The molecule has 3 heterocycles. The second kappa shape index (κ2) is 8.60. The Morgan fingerprint density at radius 2 is 1.77 bits per heavy atom. The van der Waals surface area contributed by atoms with E-state index >= 15 is 0 Å². The molecular formula is C23H35N5S2. The molecule has 0 spiro atoms. The summed E-state index contributed by atoms with van der Waals surface area (Å²) >= 11 is 7.63. The van der Waals surface area contributed by atoms with Crippen LogP contribution < -0.4 is 10.2 Å². The monoisotopic (exact) mass is 445 g/mol. The molecule has 7 heteroatoms. The summed E-state index contributed by atoms with van der Waals surface area (Å²) in [5, 5.41) is 5.65. The molecule has 164 valence electrons. The lowest BCUT2D eigenvalue weighted by Gasteiger charge is -2.36. The first-order valence-electron chi connectivity index (χ1n) is 11.1. The van der Waals surface area contributed by atoms with Crippen molar-refractivity contribution >= 4 is 50.3 Å². The number of likely N-dealkylation sites (N-methyl/N-ethyl adjacent to an activating group) is 1. The van der Waals surface area contributed by atoms with Crippen LogP contribution in [-0.4, -0.2) is 66.2 Å². The Bertz CT molecular complexity index is 900. The van der Waals surface area contributed by atoms with E-state index in [1.165, 1.54) is 28.2 Å². The van der Waals surface area contributed by atoms with E-state index in [4.69, 9.17) is 17.2 Å². The number of hydrogen-bond donors (Lipinski definition) is 1. The number of nitrogens with zero attached hydrogens (tertiary/aromatic N) is 4. The topological polar surface area (TPSA) is 34.6 Å². The molecule has 2 saturated heterocycles. The number of thiocarbonyl (C=S) groups is 1. The van der Waals surface area contributed by atoms with Crippen molar-refractivity contribution in [2.45, 2.75) is 46.0 Å². The number of rotatable bonds is 2. The molecule has 0 unspecified atom stereocenters. The van der Waals surface area contributed by atoms with Crippen LogP contribution in [0.1, 0.15) is 45.5 Å². The van der Waals surface area contributed by atoms with Gasteiger partial charge in [0.05, 0.1) is 26.6 Å². The molecule has 0 bridgehead atoms. The summed E-state index contributed by atoms with van der Waals surface area (Å²) in [6.45, 7) is 15.3. The summed E-state index contributed by atoms with van der Waals surface area (Å²) < 4.78 is 1.23. The van der Waals surface area contributed by atoms with Gasteiger partial charge in [0, 0.05) is 44.7 Å². The van der Waals surface area contributed by atoms with Crippen LogP contribution in [0.3, 0.4) is 0 Å². The van der Waals surface area contributed by atoms with Gasteiger partial charge in [-0.2, -0.15) is 0 Å². The molecule has 2 aliphatic heterocycles. The van der Waals surface area contributed by atoms with Crippen LogP contribution in [0.25, 0.3) is 10.2 Å². The molecule has 0 radical (unpaired) electrons. The molecule has 2 fully saturated rings. The molecule has 2 aliphatic rings. The zero-order valence-corrected chi connectivity index (χ0v) is 20.6. The second-order valence-electron chi connectivity index (χ2n) is 10.00. The Kier molecular flexibility index (Phi) is 6.24. The molecule has 2 aromatic rings. The Labute approximate surface area is 190 Å². The van der Waals surface area contributed by atoms with Crippen molar-refractivity contribution in [2.75, 3.05) is 56.5 Å². The van der Waals surface area contributed by atoms with E-state index in [9.17, 15) is 0 Å². The summed E-state index contributed by atoms with van der Waals surface area (Å²) in [6, 6.07) is 4.56. The quantitative estimate of drug-likeness (QED) is 0.671. The molecule has 1 aromatic heterocycles. The predicted molar refractivity (Wildman–Crippen MR) is 134 cm³/mol. The first-order chi connectivity index (χ1) is 14.2. The zero-order chi connectivity index (χ0) is 21.5. The van der Waals surface area contributed by atoms with Crippen molar-refractivity contribution in [3.05, 3.63) is 17.1 Å². The van der Waals surface area contributed by atoms with E-state index in [1.807, 2.05) is 0 Å². The first kappa shape index (κ1) is 21.8. The van der Waals surface area contributed by atoms with E-state index in [1.54, 1.807) is 11.3 Å². The molecule has 0 aliphatic carbocycles. The first-order valence-corrected chi connectivity index (χ1v) is 12.4. The third kappa shape index (κ3) is 4.73. The van der Waals surface area contributed by atoms with Crippen LogP contribution in [0.4, 0.5) is 11.4 Å². The van der Waals surface area contributed by atoms with Gasteiger partial charge < -0.3 is 20.0 Å². The van der Waals surface area contributed by atoms with E-state index in [0.717, 1.165) is 61.5 Å². The number of nitrogens with one attached hydrogen (secondary N) is 1. The SMILES string of the molecule is CC1CCN(c2cc3nc(C(C)(C)C)sc3cc2NC(=S)N2CCN(C)CC2)CC1. The highest BCUT2D eigenvalue weighted by Crippen LogP contribution is 2.38. The maximum atomic E-state index is 5.83. The third-order valence-corrected chi connectivity index (χ3v) is 8.11. The van der Waals surface area contributed by atoms with Gasteiger partial charge in [0.25, 0.3) is 0 Å². The fourth-order valence-corrected chi connectivity index (χ4v) is 5.44. The molecule has 1 aromatic carbocycles. The van der Waals surface area contributed by atoms with Crippen molar-refractivity contribution < 1.29 is 0 Å². The number of aromatic nitrogens is 1. The lowest BCUT2D eigenvalue weighted by atomic mass is 9.98. The average molecular weight is 446 g/mol. The molecule has 0 atom stereocenters. The second-order valence-corrected chi connectivity index (χ2v) is 11.4. The minimum atomic E-state index is 0.0626.